The summed E-state index contributed by atoms with van der Waals surface area (Å²) in [4.78, 5) is 14.5. The molecule has 0 N–H and O–H groups in total. The van der Waals surface area contributed by atoms with Crippen molar-refractivity contribution in [3.05, 3.63) is 35.9 Å². The predicted molar refractivity (Wildman–Crippen MR) is 72.5 cm³/mol. The van der Waals surface area contributed by atoms with Crippen LogP contribution in [0.25, 0.3) is 0 Å². The number of hydrogen-bond acceptors (Lipinski definition) is 1. The van der Waals surface area contributed by atoms with Crippen molar-refractivity contribution < 1.29 is 4.79 Å². The van der Waals surface area contributed by atoms with Gasteiger partial charge in [-0.1, -0.05) is 30.3 Å². The molecule has 96 valence electrons. The van der Waals surface area contributed by atoms with Gasteiger partial charge in [0, 0.05) is 12.6 Å². The Balaban J connectivity index is 1.70. The summed E-state index contributed by atoms with van der Waals surface area (Å²) in [6.07, 6.45) is 4.84. The third-order valence-electron chi connectivity index (χ3n) is 3.73. The molecule has 2 fully saturated rings. The first-order valence-corrected chi connectivity index (χ1v) is 7.19. The molecule has 0 aliphatic heterocycles. The molecule has 0 spiro atoms. The van der Waals surface area contributed by atoms with Crippen molar-refractivity contribution in [1.82, 2.24) is 4.90 Å². The van der Waals surface area contributed by atoms with Gasteiger partial charge >= 0.3 is 0 Å². The molecule has 1 aromatic carbocycles. The van der Waals surface area contributed by atoms with Crippen LogP contribution < -0.4 is 0 Å². The summed E-state index contributed by atoms with van der Waals surface area (Å²) in [7, 11) is 0. The SMILES string of the molecule is O=C(C(Cl)c1ccccc1)N(CC1CC1)C1CC1. The van der Waals surface area contributed by atoms with Crippen molar-refractivity contribution in [2.75, 3.05) is 6.54 Å². The van der Waals surface area contributed by atoms with Crippen LogP contribution in [0.5, 0.6) is 0 Å². The van der Waals surface area contributed by atoms with Gasteiger partial charge in [0.15, 0.2) is 0 Å². The molecule has 1 unspecified atom stereocenters. The fourth-order valence-electron chi connectivity index (χ4n) is 2.29. The number of carbonyl (C=O) groups is 1. The van der Waals surface area contributed by atoms with Crippen molar-refractivity contribution in [3.8, 4) is 0 Å². The standard InChI is InChI=1S/C15H18ClNO/c16-14(12-4-2-1-3-5-12)15(18)17(13-8-9-13)10-11-6-7-11/h1-5,11,13-14H,6-10H2. The summed E-state index contributed by atoms with van der Waals surface area (Å²) in [5.41, 5.74) is 0.908. The van der Waals surface area contributed by atoms with Crippen molar-refractivity contribution in [2.24, 2.45) is 5.92 Å². The number of rotatable bonds is 5. The maximum absolute atomic E-state index is 12.5. The molecule has 2 nitrogen and oxygen atoms in total. The first kappa shape index (κ1) is 12.0. The second-order valence-corrected chi connectivity index (χ2v) is 5.87. The van der Waals surface area contributed by atoms with Gasteiger partial charge < -0.3 is 4.90 Å². The largest absolute Gasteiger partial charge is 0.338 e. The lowest BCUT2D eigenvalue weighted by Crippen LogP contribution is -2.37. The quantitative estimate of drug-likeness (QED) is 0.746. The number of nitrogens with zero attached hydrogens (tertiary/aromatic N) is 1. The minimum Gasteiger partial charge on any atom is -0.338 e. The normalized spacial score (nSPS) is 20.5. The molecule has 2 aliphatic rings. The van der Waals surface area contributed by atoms with E-state index in [1.165, 1.54) is 12.8 Å². The summed E-state index contributed by atoms with van der Waals surface area (Å²) in [6, 6.07) is 10.1. The van der Waals surface area contributed by atoms with Gasteiger partial charge in [-0.05, 0) is 37.2 Å². The highest BCUT2D eigenvalue weighted by molar-refractivity contribution is 6.30. The zero-order chi connectivity index (χ0) is 12.5. The van der Waals surface area contributed by atoms with Crippen LogP contribution in [0.1, 0.15) is 36.6 Å². The Morgan fingerprint density at radius 1 is 1.22 bits per heavy atom. The molecule has 18 heavy (non-hydrogen) atoms. The molecule has 0 radical (unpaired) electrons. The highest BCUT2D eigenvalue weighted by Gasteiger charge is 2.38. The van der Waals surface area contributed by atoms with Crippen LogP contribution in [0.15, 0.2) is 30.3 Å². The molecule has 2 saturated carbocycles. The maximum Gasteiger partial charge on any atom is 0.245 e. The molecule has 1 aromatic rings. The average Bonchev–Trinajstić information content (AvgIpc) is 3.28. The van der Waals surface area contributed by atoms with Gasteiger partial charge in [-0.15, -0.1) is 11.6 Å². The molecule has 0 heterocycles. The Labute approximate surface area is 113 Å². The summed E-state index contributed by atoms with van der Waals surface area (Å²) < 4.78 is 0. The van der Waals surface area contributed by atoms with E-state index in [9.17, 15) is 4.79 Å². The highest BCUT2D eigenvalue weighted by Crippen LogP contribution is 2.37. The lowest BCUT2D eigenvalue weighted by atomic mass is 10.1. The molecular weight excluding hydrogens is 246 g/mol. The fraction of sp³-hybridized carbons (Fsp3) is 0.533. The van der Waals surface area contributed by atoms with E-state index in [1.807, 2.05) is 35.2 Å². The lowest BCUT2D eigenvalue weighted by Gasteiger charge is -2.25. The average molecular weight is 264 g/mol. The first-order chi connectivity index (χ1) is 8.75. The van der Waals surface area contributed by atoms with Crippen LogP contribution in [-0.2, 0) is 4.79 Å². The van der Waals surface area contributed by atoms with Gasteiger partial charge in [-0.3, -0.25) is 4.79 Å². The molecule has 2 aliphatic carbocycles. The predicted octanol–water partition coefficient (Wildman–Crippen LogP) is 3.37. The van der Waals surface area contributed by atoms with E-state index in [1.54, 1.807) is 0 Å². The number of benzene rings is 1. The molecular formula is C15H18ClNO. The minimum absolute atomic E-state index is 0.0947. The number of carbonyl (C=O) groups excluding carboxylic acids is 1. The van der Waals surface area contributed by atoms with Crippen LogP contribution in [-0.4, -0.2) is 23.4 Å². The second-order valence-electron chi connectivity index (χ2n) is 5.44. The third kappa shape index (κ3) is 2.69. The van der Waals surface area contributed by atoms with Gasteiger partial charge in [-0.2, -0.15) is 0 Å². The minimum atomic E-state index is -0.523. The van der Waals surface area contributed by atoms with Crippen LogP contribution in [0.3, 0.4) is 0 Å². The van der Waals surface area contributed by atoms with Crippen LogP contribution in [0.2, 0.25) is 0 Å². The summed E-state index contributed by atoms with van der Waals surface area (Å²) in [5, 5.41) is -0.523. The summed E-state index contributed by atoms with van der Waals surface area (Å²) in [6.45, 7) is 0.916. The van der Waals surface area contributed by atoms with Crippen molar-refractivity contribution in [1.29, 1.82) is 0 Å². The number of alkyl halides is 1. The van der Waals surface area contributed by atoms with E-state index in [-0.39, 0.29) is 5.91 Å². The summed E-state index contributed by atoms with van der Waals surface area (Å²) >= 11 is 6.34. The number of halogens is 1. The lowest BCUT2D eigenvalue weighted by molar-refractivity contribution is -0.131. The van der Waals surface area contributed by atoms with Crippen LogP contribution >= 0.6 is 11.6 Å². The van der Waals surface area contributed by atoms with E-state index >= 15 is 0 Å². The van der Waals surface area contributed by atoms with Crippen LogP contribution in [0.4, 0.5) is 0 Å². The van der Waals surface area contributed by atoms with Crippen molar-refractivity contribution in [2.45, 2.75) is 37.1 Å². The monoisotopic (exact) mass is 263 g/mol. The Hall–Kier alpha value is -1.02. The van der Waals surface area contributed by atoms with E-state index in [4.69, 9.17) is 11.6 Å². The zero-order valence-corrected chi connectivity index (χ0v) is 11.1. The molecule has 0 saturated heterocycles. The van der Waals surface area contributed by atoms with E-state index < -0.39 is 5.38 Å². The topological polar surface area (TPSA) is 20.3 Å². The molecule has 3 heteroatoms. The molecule has 1 atom stereocenters. The molecule has 1 amide bonds. The Bertz CT molecular complexity index is 425. The van der Waals surface area contributed by atoms with E-state index in [2.05, 4.69) is 0 Å². The van der Waals surface area contributed by atoms with Gasteiger partial charge in [0.2, 0.25) is 5.91 Å². The molecule has 0 aromatic heterocycles. The van der Waals surface area contributed by atoms with Gasteiger partial charge in [0.1, 0.15) is 5.38 Å². The fourth-order valence-corrected chi connectivity index (χ4v) is 2.56. The first-order valence-electron chi connectivity index (χ1n) is 6.75. The molecule has 3 rings (SSSR count). The van der Waals surface area contributed by atoms with Gasteiger partial charge in [0.25, 0.3) is 0 Å². The van der Waals surface area contributed by atoms with Crippen LogP contribution in [0, 0.1) is 5.92 Å². The Morgan fingerprint density at radius 2 is 1.89 bits per heavy atom. The number of hydrogen-bond donors (Lipinski definition) is 0. The van der Waals surface area contributed by atoms with E-state index in [0.29, 0.717) is 6.04 Å². The third-order valence-corrected chi connectivity index (χ3v) is 4.17. The summed E-state index contributed by atoms with van der Waals surface area (Å²) in [5.74, 6) is 0.825. The highest BCUT2D eigenvalue weighted by atomic mass is 35.5. The van der Waals surface area contributed by atoms with Gasteiger partial charge in [0.05, 0.1) is 0 Å². The van der Waals surface area contributed by atoms with Crippen molar-refractivity contribution in [3.63, 3.8) is 0 Å². The Morgan fingerprint density at radius 3 is 2.44 bits per heavy atom. The number of amides is 1. The Kier molecular flexibility index (Phi) is 3.29. The smallest absolute Gasteiger partial charge is 0.245 e. The zero-order valence-electron chi connectivity index (χ0n) is 10.4. The van der Waals surface area contributed by atoms with Crippen molar-refractivity contribution >= 4 is 17.5 Å². The maximum atomic E-state index is 12.5. The van der Waals surface area contributed by atoms with E-state index in [0.717, 1.165) is 30.9 Å². The van der Waals surface area contributed by atoms with Gasteiger partial charge in [-0.25, -0.2) is 0 Å². The second kappa shape index (κ2) is 4.93. The molecule has 0 bridgehead atoms.